The molecule has 0 unspecified atom stereocenters. The van der Waals surface area contributed by atoms with Gasteiger partial charge in [0.1, 0.15) is 11.4 Å². The zero-order valence-electron chi connectivity index (χ0n) is 17.5. The van der Waals surface area contributed by atoms with Crippen molar-refractivity contribution in [2.24, 2.45) is 10.1 Å². The van der Waals surface area contributed by atoms with Crippen LogP contribution in [0.3, 0.4) is 0 Å². The van der Waals surface area contributed by atoms with Crippen molar-refractivity contribution in [1.29, 1.82) is 0 Å². The largest absolute Gasteiger partial charge is 0.492 e. The number of hydrogen-bond acceptors (Lipinski definition) is 4. The molecule has 0 N–H and O–H groups in total. The lowest BCUT2D eigenvalue weighted by Gasteiger charge is -2.30. The van der Waals surface area contributed by atoms with Crippen molar-refractivity contribution in [1.82, 2.24) is 0 Å². The van der Waals surface area contributed by atoms with Crippen LogP contribution in [0.4, 0.5) is 11.4 Å². The number of para-hydroxylation sites is 3. The molecule has 148 valence electrons. The average molecular weight is 378 g/mol. The molecule has 2 aromatic rings. The van der Waals surface area contributed by atoms with Gasteiger partial charge in [-0.3, -0.25) is 10.0 Å². The third-order valence-electron chi connectivity index (χ3n) is 5.37. The SMILES string of the molecule is CCCC1(CCC)C(C=NN(C)c2ccccc2OCC)=Nc2ccccc21. The van der Waals surface area contributed by atoms with Crippen molar-refractivity contribution in [2.45, 2.75) is 51.9 Å². The number of hydrogen-bond donors (Lipinski definition) is 0. The van der Waals surface area contributed by atoms with Gasteiger partial charge in [0.2, 0.25) is 0 Å². The van der Waals surface area contributed by atoms with E-state index in [9.17, 15) is 0 Å². The van der Waals surface area contributed by atoms with Gasteiger partial charge in [0, 0.05) is 12.5 Å². The Morgan fingerprint density at radius 3 is 2.39 bits per heavy atom. The summed E-state index contributed by atoms with van der Waals surface area (Å²) in [4.78, 5) is 4.98. The maximum Gasteiger partial charge on any atom is 0.144 e. The number of aliphatic imine (C=N–C) groups is 1. The molecule has 0 radical (unpaired) electrons. The lowest BCUT2D eigenvalue weighted by atomic mass is 9.71. The van der Waals surface area contributed by atoms with Gasteiger partial charge in [-0.15, -0.1) is 0 Å². The molecule has 0 fully saturated rings. The van der Waals surface area contributed by atoms with Crippen LogP contribution in [0.15, 0.2) is 58.6 Å². The molecule has 4 heteroatoms. The van der Waals surface area contributed by atoms with Gasteiger partial charge in [-0.1, -0.05) is 57.0 Å². The van der Waals surface area contributed by atoms with Gasteiger partial charge >= 0.3 is 0 Å². The lowest BCUT2D eigenvalue weighted by molar-refractivity contribution is 0.341. The predicted octanol–water partition coefficient (Wildman–Crippen LogP) is 6.13. The summed E-state index contributed by atoms with van der Waals surface area (Å²) < 4.78 is 5.75. The third-order valence-corrected chi connectivity index (χ3v) is 5.37. The van der Waals surface area contributed by atoms with Crippen LogP contribution in [0, 0.1) is 0 Å². The molecular formula is C24H31N3O. The number of anilines is 1. The summed E-state index contributed by atoms with van der Waals surface area (Å²) in [6, 6.07) is 16.5. The molecule has 1 aliphatic heterocycles. The molecule has 3 rings (SSSR count). The molecule has 0 saturated heterocycles. The Bertz CT molecular complexity index is 850. The number of ether oxygens (including phenoxy) is 1. The first-order valence-corrected chi connectivity index (χ1v) is 10.3. The van der Waals surface area contributed by atoms with Crippen molar-refractivity contribution >= 4 is 23.3 Å². The number of rotatable bonds is 9. The van der Waals surface area contributed by atoms with E-state index in [1.165, 1.54) is 5.56 Å². The standard InChI is InChI=1S/C24H31N3O/c1-5-16-24(17-6-2)19-12-8-9-13-20(19)26-23(24)18-25-27(4)21-14-10-11-15-22(21)28-7-3/h8-15,18H,5-7,16-17H2,1-4H3. The van der Waals surface area contributed by atoms with Gasteiger partial charge < -0.3 is 4.74 Å². The van der Waals surface area contributed by atoms with Crippen molar-refractivity contribution in [2.75, 3.05) is 18.7 Å². The first kappa shape index (κ1) is 20.1. The zero-order valence-corrected chi connectivity index (χ0v) is 17.5. The van der Waals surface area contributed by atoms with Crippen LogP contribution in [0.1, 0.15) is 52.0 Å². The van der Waals surface area contributed by atoms with Gasteiger partial charge in [0.05, 0.1) is 24.2 Å². The average Bonchev–Trinajstić information content (AvgIpc) is 3.01. The second-order valence-corrected chi connectivity index (χ2v) is 7.27. The number of fused-ring (bicyclic) bond motifs is 1. The second-order valence-electron chi connectivity index (χ2n) is 7.27. The van der Waals surface area contributed by atoms with Gasteiger partial charge in [-0.2, -0.15) is 5.10 Å². The summed E-state index contributed by atoms with van der Waals surface area (Å²) in [5, 5.41) is 6.63. The molecule has 0 saturated carbocycles. The minimum Gasteiger partial charge on any atom is -0.492 e. The summed E-state index contributed by atoms with van der Waals surface area (Å²) in [5.74, 6) is 0.842. The summed E-state index contributed by atoms with van der Waals surface area (Å²) in [7, 11) is 1.96. The molecular weight excluding hydrogens is 346 g/mol. The minimum absolute atomic E-state index is 0.0378. The van der Waals surface area contributed by atoms with E-state index in [0.717, 1.165) is 48.5 Å². The van der Waals surface area contributed by atoms with E-state index >= 15 is 0 Å². The molecule has 0 aromatic heterocycles. The molecule has 0 atom stereocenters. The van der Waals surface area contributed by atoms with Crippen molar-refractivity contribution in [3.8, 4) is 5.75 Å². The summed E-state index contributed by atoms with van der Waals surface area (Å²) in [5.41, 5.74) is 4.41. The summed E-state index contributed by atoms with van der Waals surface area (Å²) >= 11 is 0. The monoisotopic (exact) mass is 377 g/mol. The quantitative estimate of drug-likeness (QED) is 0.389. The van der Waals surface area contributed by atoms with Gasteiger partial charge in [0.25, 0.3) is 0 Å². The van der Waals surface area contributed by atoms with Crippen molar-refractivity contribution in [3.63, 3.8) is 0 Å². The highest BCUT2D eigenvalue weighted by Gasteiger charge is 2.41. The summed E-state index contributed by atoms with van der Waals surface area (Å²) in [6.45, 7) is 7.12. The number of benzene rings is 2. The van der Waals surface area contributed by atoms with Crippen molar-refractivity contribution < 1.29 is 4.74 Å². The van der Waals surface area contributed by atoms with E-state index in [2.05, 4.69) is 38.1 Å². The first-order valence-electron chi connectivity index (χ1n) is 10.3. The molecule has 0 bridgehead atoms. The highest BCUT2D eigenvalue weighted by molar-refractivity contribution is 6.37. The topological polar surface area (TPSA) is 37.2 Å². The van der Waals surface area contributed by atoms with E-state index in [0.29, 0.717) is 6.61 Å². The molecule has 0 aliphatic carbocycles. The normalized spacial score (nSPS) is 14.8. The van der Waals surface area contributed by atoms with Crippen LogP contribution >= 0.6 is 0 Å². The van der Waals surface area contributed by atoms with Crippen LogP contribution in [0.5, 0.6) is 5.75 Å². The second kappa shape index (κ2) is 9.05. The van der Waals surface area contributed by atoms with Crippen LogP contribution in [0.25, 0.3) is 0 Å². The maximum absolute atomic E-state index is 5.75. The highest BCUT2D eigenvalue weighted by Crippen LogP contribution is 2.45. The lowest BCUT2D eigenvalue weighted by Crippen LogP contribution is -2.34. The van der Waals surface area contributed by atoms with E-state index in [1.807, 2.05) is 49.5 Å². The predicted molar refractivity (Wildman–Crippen MR) is 120 cm³/mol. The van der Waals surface area contributed by atoms with Crippen LogP contribution in [0.2, 0.25) is 0 Å². The van der Waals surface area contributed by atoms with Gasteiger partial charge in [-0.25, -0.2) is 0 Å². The van der Waals surface area contributed by atoms with E-state index < -0.39 is 0 Å². The van der Waals surface area contributed by atoms with Crippen molar-refractivity contribution in [3.05, 3.63) is 54.1 Å². The highest BCUT2D eigenvalue weighted by atomic mass is 16.5. The number of nitrogens with zero attached hydrogens (tertiary/aromatic N) is 3. The molecule has 28 heavy (non-hydrogen) atoms. The molecule has 2 aromatic carbocycles. The molecule has 0 spiro atoms. The fraction of sp³-hybridized carbons (Fsp3) is 0.417. The van der Waals surface area contributed by atoms with E-state index in [-0.39, 0.29) is 5.41 Å². The summed E-state index contributed by atoms with van der Waals surface area (Å²) in [6.07, 6.45) is 6.35. The molecule has 0 amide bonds. The molecule has 1 heterocycles. The Labute approximate surface area is 168 Å². The Morgan fingerprint density at radius 1 is 1.00 bits per heavy atom. The Balaban J connectivity index is 1.94. The smallest absolute Gasteiger partial charge is 0.144 e. The van der Waals surface area contributed by atoms with E-state index in [4.69, 9.17) is 14.8 Å². The van der Waals surface area contributed by atoms with Crippen LogP contribution in [-0.2, 0) is 5.41 Å². The Hall–Kier alpha value is -2.62. The Morgan fingerprint density at radius 2 is 1.68 bits per heavy atom. The maximum atomic E-state index is 5.75. The van der Waals surface area contributed by atoms with Crippen LogP contribution in [-0.4, -0.2) is 25.6 Å². The number of hydrazone groups is 1. The zero-order chi connectivity index (χ0) is 20.0. The van der Waals surface area contributed by atoms with E-state index in [1.54, 1.807) is 0 Å². The fourth-order valence-corrected chi connectivity index (χ4v) is 4.21. The Kier molecular flexibility index (Phi) is 6.50. The fourth-order valence-electron chi connectivity index (χ4n) is 4.21. The minimum atomic E-state index is -0.0378. The first-order chi connectivity index (χ1) is 13.7. The van der Waals surface area contributed by atoms with Gasteiger partial charge in [-0.05, 0) is 43.5 Å². The molecule has 1 aliphatic rings. The van der Waals surface area contributed by atoms with Crippen LogP contribution < -0.4 is 9.75 Å². The molecule has 4 nitrogen and oxygen atoms in total. The third kappa shape index (κ3) is 3.82. The van der Waals surface area contributed by atoms with Gasteiger partial charge in [0.15, 0.2) is 0 Å².